The van der Waals surface area contributed by atoms with Gasteiger partial charge in [-0.15, -0.1) is 0 Å². The van der Waals surface area contributed by atoms with Crippen molar-refractivity contribution < 1.29 is 28.0 Å². The first-order valence-electron chi connectivity index (χ1n) is 8.64. The van der Waals surface area contributed by atoms with E-state index in [1.54, 1.807) is 31.3 Å². The summed E-state index contributed by atoms with van der Waals surface area (Å²) in [5.41, 5.74) is 0.949. The molecule has 0 fully saturated rings. The van der Waals surface area contributed by atoms with E-state index in [1.807, 2.05) is 0 Å². The SMILES string of the molecule is COc1cc(CN(C)C(=O)CCNc2ccccc2[N+](=O)[O-])ccc1OC(F)F. The molecule has 0 aliphatic rings. The molecule has 0 saturated carbocycles. The number of hydrogen-bond donors (Lipinski definition) is 1. The van der Waals surface area contributed by atoms with E-state index in [1.165, 1.54) is 30.2 Å². The van der Waals surface area contributed by atoms with Gasteiger partial charge in [-0.2, -0.15) is 8.78 Å². The van der Waals surface area contributed by atoms with E-state index in [2.05, 4.69) is 10.1 Å². The van der Waals surface area contributed by atoms with Crippen molar-refractivity contribution in [2.24, 2.45) is 0 Å². The molecule has 0 saturated heterocycles. The molecule has 0 radical (unpaired) electrons. The smallest absolute Gasteiger partial charge is 0.387 e. The molecule has 2 aromatic rings. The summed E-state index contributed by atoms with van der Waals surface area (Å²) in [4.78, 5) is 24.3. The molecule has 0 bridgehead atoms. The molecule has 8 nitrogen and oxygen atoms in total. The van der Waals surface area contributed by atoms with Crippen LogP contribution < -0.4 is 14.8 Å². The summed E-state index contributed by atoms with van der Waals surface area (Å²) in [5.74, 6) is -0.140. The van der Waals surface area contributed by atoms with Crippen molar-refractivity contribution in [1.29, 1.82) is 0 Å². The molecule has 2 rings (SSSR count). The average Bonchev–Trinajstić information content (AvgIpc) is 2.68. The van der Waals surface area contributed by atoms with Gasteiger partial charge in [0.2, 0.25) is 5.91 Å². The monoisotopic (exact) mass is 409 g/mol. The third-order valence-corrected chi connectivity index (χ3v) is 4.04. The van der Waals surface area contributed by atoms with Gasteiger partial charge in [0, 0.05) is 32.6 Å². The zero-order valence-corrected chi connectivity index (χ0v) is 15.9. The second-order valence-electron chi connectivity index (χ2n) is 6.06. The van der Waals surface area contributed by atoms with Gasteiger partial charge < -0.3 is 19.7 Å². The van der Waals surface area contributed by atoms with Gasteiger partial charge >= 0.3 is 6.61 Å². The summed E-state index contributed by atoms with van der Waals surface area (Å²) >= 11 is 0. The number of halogens is 2. The molecule has 0 aromatic heterocycles. The Balaban J connectivity index is 1.92. The summed E-state index contributed by atoms with van der Waals surface area (Å²) in [6, 6.07) is 10.6. The highest BCUT2D eigenvalue weighted by molar-refractivity contribution is 5.76. The molecule has 156 valence electrons. The fraction of sp³-hybridized carbons (Fsp3) is 0.316. The normalized spacial score (nSPS) is 10.5. The van der Waals surface area contributed by atoms with E-state index in [4.69, 9.17) is 4.74 Å². The van der Waals surface area contributed by atoms with Gasteiger partial charge in [-0.1, -0.05) is 18.2 Å². The molecule has 1 amide bonds. The average molecular weight is 409 g/mol. The number of nitrogens with zero attached hydrogens (tertiary/aromatic N) is 2. The van der Waals surface area contributed by atoms with Crippen LogP contribution in [0.4, 0.5) is 20.2 Å². The number of nitrogens with one attached hydrogen (secondary N) is 1. The Morgan fingerprint density at radius 3 is 2.62 bits per heavy atom. The highest BCUT2D eigenvalue weighted by Crippen LogP contribution is 2.30. The number of rotatable bonds is 10. The number of anilines is 1. The Morgan fingerprint density at radius 1 is 1.24 bits per heavy atom. The van der Waals surface area contributed by atoms with Crippen LogP contribution in [-0.2, 0) is 11.3 Å². The van der Waals surface area contributed by atoms with Crippen molar-refractivity contribution in [2.45, 2.75) is 19.6 Å². The first kappa shape index (κ1) is 21.9. The second-order valence-corrected chi connectivity index (χ2v) is 6.06. The molecule has 0 unspecified atom stereocenters. The molecule has 1 N–H and O–H groups in total. The van der Waals surface area contributed by atoms with Crippen LogP contribution in [-0.4, -0.2) is 43.0 Å². The summed E-state index contributed by atoms with van der Waals surface area (Å²) < 4.78 is 34.2. The summed E-state index contributed by atoms with van der Waals surface area (Å²) in [5, 5.41) is 13.9. The van der Waals surface area contributed by atoms with Gasteiger partial charge in [-0.05, 0) is 23.8 Å². The number of ether oxygens (including phenoxy) is 2. The lowest BCUT2D eigenvalue weighted by atomic mass is 10.2. The topological polar surface area (TPSA) is 93.9 Å². The molecule has 0 atom stereocenters. The lowest BCUT2D eigenvalue weighted by molar-refractivity contribution is -0.384. The van der Waals surface area contributed by atoms with Crippen LogP contribution in [0, 0.1) is 10.1 Å². The van der Waals surface area contributed by atoms with Crippen molar-refractivity contribution in [2.75, 3.05) is 26.0 Å². The number of benzene rings is 2. The minimum absolute atomic E-state index is 0.0634. The van der Waals surface area contributed by atoms with Crippen LogP contribution >= 0.6 is 0 Å². The van der Waals surface area contributed by atoms with Crippen LogP contribution in [0.25, 0.3) is 0 Å². The Morgan fingerprint density at radius 2 is 1.97 bits per heavy atom. The predicted molar refractivity (Wildman–Crippen MR) is 102 cm³/mol. The third kappa shape index (κ3) is 6.30. The fourth-order valence-electron chi connectivity index (χ4n) is 2.64. The zero-order chi connectivity index (χ0) is 21.4. The lowest BCUT2D eigenvalue weighted by Crippen LogP contribution is -2.27. The van der Waals surface area contributed by atoms with Crippen molar-refractivity contribution in [3.05, 3.63) is 58.1 Å². The number of nitro benzene ring substituents is 1. The summed E-state index contributed by atoms with van der Waals surface area (Å²) in [6.45, 7) is -2.51. The number of para-hydroxylation sites is 2. The molecule has 29 heavy (non-hydrogen) atoms. The van der Waals surface area contributed by atoms with Crippen LogP contribution in [0.1, 0.15) is 12.0 Å². The largest absolute Gasteiger partial charge is 0.493 e. The second kappa shape index (κ2) is 10.2. The maximum atomic E-state index is 12.4. The standard InChI is InChI=1S/C19H21F2N3O5/c1-23(12-13-7-8-16(29-19(20)21)17(11-13)28-2)18(25)9-10-22-14-5-3-4-6-15(14)24(26)27/h3-8,11,19,22H,9-10,12H2,1-2H3. The first-order chi connectivity index (χ1) is 13.8. The number of nitro groups is 1. The van der Waals surface area contributed by atoms with E-state index < -0.39 is 11.5 Å². The summed E-state index contributed by atoms with van der Waals surface area (Å²) in [7, 11) is 2.93. The van der Waals surface area contributed by atoms with Crippen molar-refractivity contribution in [3.63, 3.8) is 0 Å². The first-order valence-corrected chi connectivity index (χ1v) is 8.64. The molecule has 0 heterocycles. The van der Waals surface area contributed by atoms with Crippen molar-refractivity contribution in [3.8, 4) is 11.5 Å². The number of hydrogen-bond acceptors (Lipinski definition) is 6. The van der Waals surface area contributed by atoms with Crippen LogP contribution in [0.15, 0.2) is 42.5 Å². The number of alkyl halides is 2. The van der Waals surface area contributed by atoms with E-state index in [-0.39, 0.29) is 42.6 Å². The van der Waals surface area contributed by atoms with Gasteiger partial charge in [-0.3, -0.25) is 14.9 Å². The van der Waals surface area contributed by atoms with E-state index in [9.17, 15) is 23.7 Å². The fourth-order valence-corrected chi connectivity index (χ4v) is 2.64. The molecule has 0 spiro atoms. The summed E-state index contributed by atoms with van der Waals surface area (Å²) in [6.07, 6.45) is 0.117. The Hall–Kier alpha value is -3.43. The minimum atomic E-state index is -2.97. The van der Waals surface area contributed by atoms with E-state index in [0.717, 1.165) is 0 Å². The lowest BCUT2D eigenvalue weighted by Gasteiger charge is -2.19. The number of carbonyl (C=O) groups excluding carboxylic acids is 1. The van der Waals surface area contributed by atoms with Crippen molar-refractivity contribution in [1.82, 2.24) is 4.90 Å². The number of amides is 1. The van der Waals surface area contributed by atoms with Crippen LogP contribution in [0.5, 0.6) is 11.5 Å². The highest BCUT2D eigenvalue weighted by atomic mass is 19.3. The number of carbonyl (C=O) groups is 1. The predicted octanol–water partition coefficient (Wildman–Crippen LogP) is 3.67. The highest BCUT2D eigenvalue weighted by Gasteiger charge is 2.15. The molecule has 0 aliphatic carbocycles. The van der Waals surface area contributed by atoms with E-state index >= 15 is 0 Å². The van der Waals surface area contributed by atoms with Gasteiger partial charge in [0.1, 0.15) is 5.69 Å². The zero-order valence-electron chi connectivity index (χ0n) is 15.9. The van der Waals surface area contributed by atoms with Gasteiger partial charge in [0.05, 0.1) is 12.0 Å². The molecular weight excluding hydrogens is 388 g/mol. The van der Waals surface area contributed by atoms with Gasteiger partial charge in [0.25, 0.3) is 5.69 Å². The molecular formula is C19H21F2N3O5. The Labute approximate surface area is 166 Å². The molecule has 10 heteroatoms. The van der Waals surface area contributed by atoms with Gasteiger partial charge in [-0.25, -0.2) is 0 Å². The Kier molecular flexibility index (Phi) is 7.70. The third-order valence-electron chi connectivity index (χ3n) is 4.04. The van der Waals surface area contributed by atoms with Crippen LogP contribution in [0.2, 0.25) is 0 Å². The van der Waals surface area contributed by atoms with E-state index in [0.29, 0.717) is 11.3 Å². The maximum absolute atomic E-state index is 12.4. The Bertz CT molecular complexity index is 863. The van der Waals surface area contributed by atoms with Crippen LogP contribution in [0.3, 0.4) is 0 Å². The quantitative estimate of drug-likeness (QED) is 0.475. The molecule has 2 aromatic carbocycles. The number of methoxy groups -OCH3 is 1. The van der Waals surface area contributed by atoms with Gasteiger partial charge in [0.15, 0.2) is 11.5 Å². The molecule has 0 aliphatic heterocycles. The van der Waals surface area contributed by atoms with Crippen molar-refractivity contribution >= 4 is 17.3 Å². The maximum Gasteiger partial charge on any atom is 0.387 e. The minimum Gasteiger partial charge on any atom is -0.493 e.